The van der Waals surface area contributed by atoms with Gasteiger partial charge in [0.1, 0.15) is 0 Å². The lowest BCUT2D eigenvalue weighted by molar-refractivity contribution is 0.115. The molecular weight excluding hydrogens is 370 g/mol. The smallest absolute Gasteiger partial charge is 0.229 e. The zero-order valence-corrected chi connectivity index (χ0v) is 16.8. The summed E-state index contributed by atoms with van der Waals surface area (Å²) in [6.07, 6.45) is 0. The van der Waals surface area contributed by atoms with Crippen LogP contribution in [-0.2, 0) is 10.2 Å². The molecule has 0 N–H and O–H groups in total. The average Bonchev–Trinajstić information content (AvgIpc) is 3.00. The largest absolute Gasteiger partial charge is 0.295 e. The van der Waals surface area contributed by atoms with Crippen molar-refractivity contribution in [3.63, 3.8) is 0 Å². The minimum atomic E-state index is -3.63. The normalized spacial score (nSPS) is 22.2. The highest BCUT2D eigenvalue weighted by atomic mass is 35.5. The lowest BCUT2D eigenvalue weighted by Crippen LogP contribution is -2.47. The van der Waals surface area contributed by atoms with Crippen molar-refractivity contribution >= 4 is 21.8 Å². The van der Waals surface area contributed by atoms with Crippen LogP contribution in [0.5, 0.6) is 0 Å². The summed E-state index contributed by atoms with van der Waals surface area (Å²) in [4.78, 5) is 0. The predicted molar refractivity (Wildman–Crippen MR) is 105 cm³/mol. The molecule has 2 atom stereocenters. The Morgan fingerprint density at radius 2 is 1.69 bits per heavy atom. The van der Waals surface area contributed by atoms with E-state index in [2.05, 4.69) is 12.1 Å². The van der Waals surface area contributed by atoms with Crippen LogP contribution in [-0.4, -0.2) is 49.3 Å². The van der Waals surface area contributed by atoms with Crippen molar-refractivity contribution in [1.82, 2.24) is 13.7 Å². The summed E-state index contributed by atoms with van der Waals surface area (Å²) in [5.74, 6) is 0.0300. The van der Waals surface area contributed by atoms with E-state index >= 15 is 0 Å². The van der Waals surface area contributed by atoms with E-state index < -0.39 is 10.2 Å². The quantitative estimate of drug-likeness (QED) is 0.780. The number of hydrazine groups is 1. The van der Waals surface area contributed by atoms with Crippen molar-refractivity contribution in [3.8, 4) is 0 Å². The van der Waals surface area contributed by atoms with Gasteiger partial charge in [-0.3, -0.25) is 0 Å². The maximum absolute atomic E-state index is 13.2. The fourth-order valence-corrected chi connectivity index (χ4v) is 5.18. The third-order valence-corrected chi connectivity index (χ3v) is 7.21. The van der Waals surface area contributed by atoms with Gasteiger partial charge in [-0.05, 0) is 23.3 Å². The van der Waals surface area contributed by atoms with Crippen molar-refractivity contribution < 1.29 is 8.42 Å². The summed E-state index contributed by atoms with van der Waals surface area (Å²) in [6, 6.07) is 17.2. The molecule has 7 heteroatoms. The second-order valence-electron chi connectivity index (χ2n) is 6.55. The second-order valence-corrected chi connectivity index (χ2v) is 8.88. The molecule has 2 aromatic carbocycles. The molecule has 140 valence electrons. The molecule has 26 heavy (non-hydrogen) atoms. The van der Waals surface area contributed by atoms with Gasteiger partial charge in [0.15, 0.2) is 0 Å². The molecule has 0 spiro atoms. The van der Waals surface area contributed by atoms with Crippen molar-refractivity contribution in [1.29, 1.82) is 0 Å². The van der Waals surface area contributed by atoms with E-state index in [9.17, 15) is 8.42 Å². The van der Waals surface area contributed by atoms with Gasteiger partial charge >= 0.3 is 0 Å². The molecule has 0 saturated carbocycles. The molecule has 2 aromatic rings. The molecule has 0 aliphatic carbocycles. The van der Waals surface area contributed by atoms with Gasteiger partial charge in [0, 0.05) is 38.1 Å². The zero-order valence-electron chi connectivity index (χ0n) is 15.2. The molecule has 1 aliphatic heterocycles. The van der Waals surface area contributed by atoms with Crippen LogP contribution in [0.15, 0.2) is 54.6 Å². The minimum Gasteiger partial charge on any atom is -0.229 e. The molecule has 0 amide bonds. The van der Waals surface area contributed by atoms with Gasteiger partial charge in [0.25, 0.3) is 10.2 Å². The Labute approximate surface area is 160 Å². The highest BCUT2D eigenvalue weighted by Gasteiger charge is 2.47. The Morgan fingerprint density at radius 3 is 2.27 bits per heavy atom. The first-order chi connectivity index (χ1) is 12.4. The monoisotopic (exact) mass is 393 g/mol. The topological polar surface area (TPSA) is 43.9 Å². The van der Waals surface area contributed by atoms with Crippen LogP contribution in [0, 0.1) is 0 Å². The van der Waals surface area contributed by atoms with E-state index in [0.29, 0.717) is 18.1 Å². The molecule has 1 heterocycles. The minimum absolute atomic E-state index is 0.0300. The van der Waals surface area contributed by atoms with Gasteiger partial charge in [0.05, 0.1) is 6.04 Å². The summed E-state index contributed by atoms with van der Waals surface area (Å²) < 4.78 is 29.3. The van der Waals surface area contributed by atoms with E-state index in [4.69, 9.17) is 11.6 Å². The first-order valence-electron chi connectivity index (χ1n) is 8.63. The van der Waals surface area contributed by atoms with Crippen LogP contribution >= 0.6 is 11.6 Å². The lowest BCUT2D eigenvalue weighted by Gasteiger charge is -2.33. The molecule has 2 unspecified atom stereocenters. The molecule has 1 aliphatic rings. The summed E-state index contributed by atoms with van der Waals surface area (Å²) in [7, 11) is -0.191. The second kappa shape index (κ2) is 7.66. The molecule has 5 nitrogen and oxygen atoms in total. The van der Waals surface area contributed by atoms with Crippen LogP contribution in [0.25, 0.3) is 0 Å². The molecule has 3 rings (SSSR count). The van der Waals surface area contributed by atoms with Crippen molar-refractivity contribution in [3.05, 3.63) is 70.7 Å². The van der Waals surface area contributed by atoms with E-state index in [1.807, 2.05) is 56.4 Å². The third kappa shape index (κ3) is 3.52. The molecule has 0 bridgehead atoms. The summed E-state index contributed by atoms with van der Waals surface area (Å²) in [5, 5.41) is 2.44. The van der Waals surface area contributed by atoms with Crippen LogP contribution in [0.1, 0.15) is 30.0 Å². The van der Waals surface area contributed by atoms with Crippen molar-refractivity contribution in [2.75, 3.05) is 27.2 Å². The molecule has 1 saturated heterocycles. The maximum Gasteiger partial charge on any atom is 0.295 e. The summed E-state index contributed by atoms with van der Waals surface area (Å²) in [6.45, 7) is 2.86. The number of likely N-dealkylation sites (N-methyl/N-ethyl adjacent to an activating group) is 1. The number of benzene rings is 2. The van der Waals surface area contributed by atoms with Gasteiger partial charge in [-0.1, -0.05) is 61.0 Å². The number of nitrogens with zero attached hydrogens (tertiary/aromatic N) is 3. The Hall–Kier alpha value is -1.44. The number of hydrogen-bond acceptors (Lipinski definition) is 3. The first kappa shape index (κ1) is 19.3. The van der Waals surface area contributed by atoms with Crippen molar-refractivity contribution in [2.45, 2.75) is 18.9 Å². The lowest BCUT2D eigenvalue weighted by atomic mass is 9.89. The first-order valence-corrected chi connectivity index (χ1v) is 10.4. The molecule has 0 aromatic heterocycles. The average molecular weight is 394 g/mol. The molecular formula is C19H24ClN3O2S. The highest BCUT2D eigenvalue weighted by molar-refractivity contribution is 7.86. The van der Waals surface area contributed by atoms with E-state index in [1.165, 1.54) is 8.72 Å². The van der Waals surface area contributed by atoms with Crippen molar-refractivity contribution in [2.24, 2.45) is 0 Å². The van der Waals surface area contributed by atoms with Crippen LogP contribution in [0.2, 0.25) is 5.02 Å². The van der Waals surface area contributed by atoms with Gasteiger partial charge in [0.2, 0.25) is 0 Å². The molecule has 0 radical (unpaired) electrons. The number of halogens is 1. The number of rotatable bonds is 5. The van der Waals surface area contributed by atoms with Gasteiger partial charge in [-0.25, -0.2) is 5.01 Å². The predicted octanol–water partition coefficient (Wildman–Crippen LogP) is 3.52. The fourth-order valence-electron chi connectivity index (χ4n) is 3.46. The van der Waals surface area contributed by atoms with E-state index in [-0.39, 0.29) is 12.0 Å². The fraction of sp³-hybridized carbons (Fsp3) is 0.368. The molecule has 1 fully saturated rings. The Bertz CT molecular complexity index is 843. The van der Waals surface area contributed by atoms with Gasteiger partial charge in [-0.15, -0.1) is 4.41 Å². The SMILES string of the molecule is CCN(C)S(=O)(=O)N1C(c2ccc(Cl)cc2)C(c2ccccc2)CN1C. The maximum atomic E-state index is 13.2. The Balaban J connectivity index is 2.12. The van der Waals surface area contributed by atoms with Crippen LogP contribution in [0.3, 0.4) is 0 Å². The third-order valence-electron chi connectivity index (χ3n) is 4.93. The zero-order chi connectivity index (χ0) is 18.9. The van der Waals surface area contributed by atoms with Gasteiger partial charge in [-0.2, -0.15) is 12.7 Å². The van der Waals surface area contributed by atoms with Gasteiger partial charge < -0.3 is 0 Å². The van der Waals surface area contributed by atoms with E-state index in [1.54, 1.807) is 12.1 Å². The summed E-state index contributed by atoms with van der Waals surface area (Å²) >= 11 is 6.05. The highest BCUT2D eigenvalue weighted by Crippen LogP contribution is 2.44. The number of hydrogen-bond donors (Lipinski definition) is 0. The van der Waals surface area contributed by atoms with E-state index in [0.717, 1.165) is 11.1 Å². The summed E-state index contributed by atoms with van der Waals surface area (Å²) in [5.41, 5.74) is 2.05. The van der Waals surface area contributed by atoms with Crippen LogP contribution in [0.4, 0.5) is 0 Å². The standard InChI is InChI=1S/C19H24ClN3O2S/c1-4-22(3)26(24,25)23-19(16-10-12-17(20)13-11-16)18(14-21(23)2)15-8-6-5-7-9-15/h5-13,18-19H,4,14H2,1-3H3. The Kier molecular flexibility index (Phi) is 5.69. The van der Waals surface area contributed by atoms with Crippen LogP contribution < -0.4 is 0 Å². The Morgan fingerprint density at radius 1 is 1.08 bits per heavy atom.